The zero-order valence-corrected chi connectivity index (χ0v) is 11.4. The van der Waals surface area contributed by atoms with Crippen LogP contribution in [0, 0.1) is 11.8 Å². The third-order valence-electron chi connectivity index (χ3n) is 2.94. The Labute approximate surface area is 99.6 Å². The van der Waals surface area contributed by atoms with Gasteiger partial charge in [0.05, 0.1) is 6.04 Å². The summed E-state index contributed by atoms with van der Waals surface area (Å²) in [6, 6.07) is -0.0571. The van der Waals surface area contributed by atoms with Crippen LogP contribution in [0.15, 0.2) is 0 Å². The average molecular weight is 229 g/mol. The summed E-state index contributed by atoms with van der Waals surface area (Å²) in [6.07, 6.45) is 0. The second kappa shape index (κ2) is 6.86. The molecule has 1 amide bonds. The molecule has 0 rings (SSSR count). The Morgan fingerprint density at radius 2 is 1.69 bits per heavy atom. The molecule has 0 heterocycles. The monoisotopic (exact) mass is 229 g/mol. The Kier molecular flexibility index (Phi) is 6.60. The number of hydrogen-bond donors (Lipinski definition) is 2. The van der Waals surface area contributed by atoms with Crippen molar-refractivity contribution < 1.29 is 4.79 Å². The number of nitrogens with one attached hydrogen (secondary N) is 1. The van der Waals surface area contributed by atoms with E-state index in [9.17, 15) is 4.79 Å². The molecule has 0 saturated heterocycles. The minimum Gasteiger partial charge on any atom is -0.353 e. The molecule has 0 aromatic carbocycles. The molecule has 4 heteroatoms. The summed E-state index contributed by atoms with van der Waals surface area (Å²) in [5, 5.41) is 2.92. The lowest BCUT2D eigenvalue weighted by molar-refractivity contribution is -0.123. The molecule has 4 nitrogen and oxygen atoms in total. The number of hydrogen-bond acceptors (Lipinski definition) is 3. The van der Waals surface area contributed by atoms with E-state index >= 15 is 0 Å². The zero-order valence-electron chi connectivity index (χ0n) is 11.4. The fourth-order valence-corrected chi connectivity index (χ4v) is 1.64. The number of carbonyl (C=O) groups excluding carboxylic acids is 1. The molecule has 1 unspecified atom stereocenters. The van der Waals surface area contributed by atoms with Gasteiger partial charge in [0.15, 0.2) is 0 Å². The Balaban J connectivity index is 4.16. The molecule has 0 aliphatic carbocycles. The van der Waals surface area contributed by atoms with E-state index in [1.165, 1.54) is 0 Å². The number of nitrogens with two attached hydrogens (primary N) is 1. The average Bonchev–Trinajstić information content (AvgIpc) is 2.15. The number of likely N-dealkylation sites (N-methyl/N-ethyl adjacent to an activating group) is 1. The van der Waals surface area contributed by atoms with E-state index in [1.807, 2.05) is 27.9 Å². The quantitative estimate of drug-likeness (QED) is 0.704. The molecule has 3 N–H and O–H groups in total. The van der Waals surface area contributed by atoms with Crippen LogP contribution in [0.2, 0.25) is 0 Å². The van der Waals surface area contributed by atoms with Gasteiger partial charge in [0.25, 0.3) is 0 Å². The van der Waals surface area contributed by atoms with Gasteiger partial charge in [-0.2, -0.15) is 0 Å². The highest BCUT2D eigenvalue weighted by Gasteiger charge is 2.20. The second-order valence-corrected chi connectivity index (χ2v) is 5.29. The highest BCUT2D eigenvalue weighted by molar-refractivity contribution is 5.81. The Hall–Kier alpha value is -0.610. The van der Waals surface area contributed by atoms with E-state index in [-0.39, 0.29) is 11.8 Å². The molecule has 0 aromatic rings. The molecule has 0 saturated carbocycles. The predicted molar refractivity (Wildman–Crippen MR) is 68.1 cm³/mol. The molecular weight excluding hydrogens is 202 g/mol. The summed E-state index contributed by atoms with van der Waals surface area (Å²) in [5.74, 6) is 0.630. The number of carbonyl (C=O) groups is 1. The lowest BCUT2D eigenvalue weighted by atomic mass is 10.0. The standard InChI is InChI=1S/C12H27N3O/c1-8(2)10(15(5)6)7-14-12(16)11(13)9(3)4/h8-11H,7,13H2,1-6H3,(H,14,16)/t10?,11-/m0/s1. The van der Waals surface area contributed by atoms with E-state index in [0.29, 0.717) is 18.5 Å². The largest absolute Gasteiger partial charge is 0.353 e. The summed E-state index contributed by atoms with van der Waals surface area (Å²) < 4.78 is 0. The van der Waals surface area contributed by atoms with Crippen molar-refractivity contribution in [2.45, 2.75) is 39.8 Å². The molecule has 0 aromatic heterocycles. The summed E-state index contributed by atoms with van der Waals surface area (Å²) in [6.45, 7) is 8.87. The van der Waals surface area contributed by atoms with Crippen LogP contribution in [0.3, 0.4) is 0 Å². The van der Waals surface area contributed by atoms with Gasteiger partial charge in [0.2, 0.25) is 5.91 Å². The first kappa shape index (κ1) is 15.4. The van der Waals surface area contributed by atoms with Gasteiger partial charge in [0, 0.05) is 12.6 Å². The van der Waals surface area contributed by atoms with E-state index in [0.717, 1.165) is 0 Å². The fraction of sp³-hybridized carbons (Fsp3) is 0.917. The number of nitrogens with zero attached hydrogens (tertiary/aromatic N) is 1. The minimum atomic E-state index is -0.407. The maximum absolute atomic E-state index is 11.7. The minimum absolute atomic E-state index is 0.0532. The van der Waals surface area contributed by atoms with E-state index in [2.05, 4.69) is 24.1 Å². The van der Waals surface area contributed by atoms with Crippen molar-refractivity contribution in [1.29, 1.82) is 0 Å². The van der Waals surface area contributed by atoms with Crippen LogP contribution in [0.1, 0.15) is 27.7 Å². The first-order valence-electron chi connectivity index (χ1n) is 5.97. The maximum atomic E-state index is 11.7. The van der Waals surface area contributed by atoms with Crippen molar-refractivity contribution in [2.24, 2.45) is 17.6 Å². The fourth-order valence-electron chi connectivity index (χ4n) is 1.64. The molecule has 0 radical (unpaired) electrons. The number of amides is 1. The molecule has 0 spiro atoms. The molecule has 16 heavy (non-hydrogen) atoms. The maximum Gasteiger partial charge on any atom is 0.237 e. The molecule has 96 valence electrons. The normalized spacial score (nSPS) is 15.6. The molecule has 0 fully saturated rings. The lowest BCUT2D eigenvalue weighted by Gasteiger charge is -2.28. The van der Waals surface area contributed by atoms with Crippen LogP contribution in [0.25, 0.3) is 0 Å². The SMILES string of the molecule is CC(C)C(CNC(=O)[C@@H](N)C(C)C)N(C)C. The highest BCUT2D eigenvalue weighted by Crippen LogP contribution is 2.06. The van der Waals surface area contributed by atoms with Gasteiger partial charge < -0.3 is 16.0 Å². The highest BCUT2D eigenvalue weighted by atomic mass is 16.2. The van der Waals surface area contributed by atoms with Crippen molar-refractivity contribution in [2.75, 3.05) is 20.6 Å². The summed E-state index contributed by atoms with van der Waals surface area (Å²) in [5.41, 5.74) is 5.77. The van der Waals surface area contributed by atoms with Crippen LogP contribution in [-0.4, -0.2) is 43.5 Å². The van der Waals surface area contributed by atoms with Crippen LogP contribution < -0.4 is 11.1 Å². The molecule has 0 aliphatic rings. The van der Waals surface area contributed by atoms with Crippen molar-refractivity contribution in [3.05, 3.63) is 0 Å². The smallest absolute Gasteiger partial charge is 0.237 e. The first-order chi connectivity index (χ1) is 7.27. The van der Waals surface area contributed by atoms with Crippen molar-refractivity contribution >= 4 is 5.91 Å². The van der Waals surface area contributed by atoms with Gasteiger partial charge in [-0.1, -0.05) is 27.7 Å². The van der Waals surface area contributed by atoms with Crippen LogP contribution in [-0.2, 0) is 4.79 Å². The molecule has 0 aliphatic heterocycles. The van der Waals surface area contributed by atoms with Gasteiger partial charge in [-0.25, -0.2) is 0 Å². The van der Waals surface area contributed by atoms with Crippen molar-refractivity contribution in [1.82, 2.24) is 10.2 Å². The topological polar surface area (TPSA) is 58.4 Å². The Morgan fingerprint density at radius 1 is 1.19 bits per heavy atom. The van der Waals surface area contributed by atoms with Crippen LogP contribution >= 0.6 is 0 Å². The van der Waals surface area contributed by atoms with E-state index in [4.69, 9.17) is 5.73 Å². The lowest BCUT2D eigenvalue weighted by Crippen LogP contribution is -2.49. The molecule has 2 atom stereocenters. The number of rotatable bonds is 6. The summed E-state index contributed by atoms with van der Waals surface area (Å²) in [7, 11) is 4.05. The van der Waals surface area contributed by atoms with E-state index < -0.39 is 6.04 Å². The van der Waals surface area contributed by atoms with E-state index in [1.54, 1.807) is 0 Å². The first-order valence-corrected chi connectivity index (χ1v) is 5.97. The third-order valence-corrected chi connectivity index (χ3v) is 2.94. The van der Waals surface area contributed by atoms with Crippen LogP contribution in [0.5, 0.6) is 0 Å². The Bertz CT molecular complexity index is 206. The third kappa shape index (κ3) is 4.94. The zero-order chi connectivity index (χ0) is 12.9. The summed E-state index contributed by atoms with van der Waals surface area (Å²) >= 11 is 0. The van der Waals surface area contributed by atoms with Gasteiger partial charge in [-0.15, -0.1) is 0 Å². The van der Waals surface area contributed by atoms with Crippen molar-refractivity contribution in [3.8, 4) is 0 Å². The van der Waals surface area contributed by atoms with Gasteiger partial charge >= 0.3 is 0 Å². The van der Waals surface area contributed by atoms with Crippen LogP contribution in [0.4, 0.5) is 0 Å². The van der Waals surface area contributed by atoms with Gasteiger partial charge in [-0.3, -0.25) is 4.79 Å². The predicted octanol–water partition coefficient (Wildman–Crippen LogP) is 0.672. The van der Waals surface area contributed by atoms with Gasteiger partial charge in [0.1, 0.15) is 0 Å². The second-order valence-electron chi connectivity index (χ2n) is 5.29. The summed E-state index contributed by atoms with van der Waals surface area (Å²) in [4.78, 5) is 13.8. The molecule has 0 bridgehead atoms. The molecular formula is C12H27N3O. The van der Waals surface area contributed by atoms with Gasteiger partial charge in [-0.05, 0) is 25.9 Å². The van der Waals surface area contributed by atoms with Crippen molar-refractivity contribution in [3.63, 3.8) is 0 Å². The Morgan fingerprint density at radius 3 is 2.00 bits per heavy atom.